The van der Waals surface area contributed by atoms with Gasteiger partial charge in [0.1, 0.15) is 5.82 Å². The second-order valence-electron chi connectivity index (χ2n) is 8.01. The van der Waals surface area contributed by atoms with Crippen molar-refractivity contribution in [2.24, 2.45) is 5.92 Å². The van der Waals surface area contributed by atoms with E-state index < -0.39 is 0 Å². The van der Waals surface area contributed by atoms with E-state index in [1.807, 2.05) is 54.1 Å². The summed E-state index contributed by atoms with van der Waals surface area (Å²) in [4.78, 5) is 19.2. The normalized spacial score (nSPS) is 14.6. The standard InChI is InChI=1S/C24H28ClN5O/c1-18-20(17-30(28-18)22-7-3-2-4-8-22)6-5-13-26-24(31)19-11-14-29(15-12-19)23-10-9-21(25)16-27-23/h2-4,7-10,16-17,19H,5-6,11-15H2,1H3,(H,26,31). The van der Waals surface area contributed by atoms with Crippen molar-refractivity contribution in [3.05, 3.63) is 71.1 Å². The van der Waals surface area contributed by atoms with Gasteiger partial charge in [-0.15, -0.1) is 0 Å². The SMILES string of the molecule is Cc1nn(-c2ccccc2)cc1CCCNC(=O)C1CCN(c2ccc(Cl)cn2)CC1. The Bertz CT molecular complexity index is 995. The molecule has 31 heavy (non-hydrogen) atoms. The third kappa shape index (κ3) is 5.44. The topological polar surface area (TPSA) is 63.1 Å². The predicted molar refractivity (Wildman–Crippen MR) is 124 cm³/mol. The van der Waals surface area contributed by atoms with E-state index in [9.17, 15) is 4.79 Å². The van der Waals surface area contributed by atoms with Gasteiger partial charge in [-0.2, -0.15) is 5.10 Å². The van der Waals surface area contributed by atoms with Crippen LogP contribution in [0.15, 0.2) is 54.9 Å². The molecular weight excluding hydrogens is 410 g/mol. The summed E-state index contributed by atoms with van der Waals surface area (Å²) in [5.41, 5.74) is 3.32. The van der Waals surface area contributed by atoms with E-state index in [2.05, 4.69) is 26.5 Å². The Hall–Kier alpha value is -2.86. The number of nitrogens with zero attached hydrogens (tertiary/aromatic N) is 4. The lowest BCUT2D eigenvalue weighted by molar-refractivity contribution is -0.125. The molecule has 0 aliphatic carbocycles. The Labute approximate surface area is 188 Å². The zero-order valence-corrected chi connectivity index (χ0v) is 18.6. The fourth-order valence-corrected chi connectivity index (χ4v) is 4.13. The predicted octanol–water partition coefficient (Wildman–Crippen LogP) is 4.19. The average Bonchev–Trinajstić information content (AvgIpc) is 3.18. The van der Waals surface area contributed by atoms with Crippen molar-refractivity contribution in [1.82, 2.24) is 20.1 Å². The molecule has 0 atom stereocenters. The summed E-state index contributed by atoms with van der Waals surface area (Å²) in [6, 6.07) is 13.9. The second kappa shape index (κ2) is 9.96. The van der Waals surface area contributed by atoms with E-state index in [-0.39, 0.29) is 11.8 Å². The van der Waals surface area contributed by atoms with Crippen molar-refractivity contribution in [3.8, 4) is 5.69 Å². The van der Waals surface area contributed by atoms with E-state index in [1.165, 1.54) is 5.56 Å². The smallest absolute Gasteiger partial charge is 0.223 e. The van der Waals surface area contributed by atoms with Crippen LogP contribution in [0.2, 0.25) is 5.02 Å². The Kier molecular flexibility index (Phi) is 6.87. The maximum Gasteiger partial charge on any atom is 0.223 e. The summed E-state index contributed by atoms with van der Waals surface area (Å²) in [6.45, 7) is 4.40. The molecule has 1 amide bonds. The van der Waals surface area contributed by atoms with Crippen LogP contribution < -0.4 is 10.2 Å². The highest BCUT2D eigenvalue weighted by atomic mass is 35.5. The van der Waals surface area contributed by atoms with Crippen molar-refractivity contribution in [1.29, 1.82) is 0 Å². The average molecular weight is 438 g/mol. The lowest BCUT2D eigenvalue weighted by Crippen LogP contribution is -2.41. The minimum absolute atomic E-state index is 0.0751. The molecule has 1 aliphatic rings. The Morgan fingerprint density at radius 1 is 1.16 bits per heavy atom. The molecule has 1 N–H and O–H groups in total. The molecule has 0 saturated carbocycles. The lowest BCUT2D eigenvalue weighted by atomic mass is 9.96. The molecule has 6 nitrogen and oxygen atoms in total. The van der Waals surface area contributed by atoms with Gasteiger partial charge in [0.25, 0.3) is 0 Å². The molecule has 1 aromatic carbocycles. The van der Waals surface area contributed by atoms with Gasteiger partial charge in [-0.25, -0.2) is 9.67 Å². The van der Waals surface area contributed by atoms with Gasteiger partial charge in [-0.3, -0.25) is 4.79 Å². The van der Waals surface area contributed by atoms with Crippen molar-refractivity contribution in [3.63, 3.8) is 0 Å². The first-order valence-electron chi connectivity index (χ1n) is 10.8. The van der Waals surface area contributed by atoms with Crippen LogP contribution in [0.3, 0.4) is 0 Å². The fourth-order valence-electron chi connectivity index (χ4n) is 4.01. The molecule has 0 spiro atoms. The van der Waals surface area contributed by atoms with Crippen LogP contribution in [0.25, 0.3) is 5.69 Å². The van der Waals surface area contributed by atoms with Crippen LogP contribution in [0.4, 0.5) is 5.82 Å². The summed E-state index contributed by atoms with van der Waals surface area (Å²) in [5.74, 6) is 1.17. The second-order valence-corrected chi connectivity index (χ2v) is 8.45. The summed E-state index contributed by atoms with van der Waals surface area (Å²) < 4.78 is 1.92. The number of aryl methyl sites for hydroxylation is 2. The zero-order chi connectivity index (χ0) is 21.6. The maximum atomic E-state index is 12.6. The van der Waals surface area contributed by atoms with Gasteiger partial charge in [0.15, 0.2) is 0 Å². The number of benzene rings is 1. The van der Waals surface area contributed by atoms with Crippen LogP contribution in [-0.2, 0) is 11.2 Å². The molecule has 162 valence electrons. The molecule has 0 unspecified atom stereocenters. The molecule has 0 radical (unpaired) electrons. The van der Waals surface area contributed by atoms with Gasteiger partial charge in [-0.1, -0.05) is 29.8 Å². The molecule has 1 saturated heterocycles. The van der Waals surface area contributed by atoms with E-state index in [4.69, 9.17) is 11.6 Å². The molecular formula is C24H28ClN5O. The van der Waals surface area contributed by atoms with Crippen molar-refractivity contribution in [2.45, 2.75) is 32.6 Å². The summed E-state index contributed by atoms with van der Waals surface area (Å²) in [5, 5.41) is 8.38. The number of hydrogen-bond acceptors (Lipinski definition) is 4. The van der Waals surface area contributed by atoms with Gasteiger partial charge in [-0.05, 0) is 62.4 Å². The van der Waals surface area contributed by atoms with Gasteiger partial charge in [0, 0.05) is 37.9 Å². The first-order chi connectivity index (χ1) is 15.1. The van der Waals surface area contributed by atoms with Crippen molar-refractivity contribution >= 4 is 23.3 Å². The van der Waals surface area contributed by atoms with Gasteiger partial charge in [0.2, 0.25) is 5.91 Å². The number of hydrogen-bond donors (Lipinski definition) is 1. The zero-order valence-electron chi connectivity index (χ0n) is 17.8. The fraction of sp³-hybridized carbons (Fsp3) is 0.375. The Morgan fingerprint density at radius 3 is 2.65 bits per heavy atom. The van der Waals surface area contributed by atoms with Gasteiger partial charge < -0.3 is 10.2 Å². The van der Waals surface area contributed by atoms with Crippen LogP contribution in [-0.4, -0.2) is 40.3 Å². The number of piperidine rings is 1. The minimum atomic E-state index is 0.0751. The molecule has 2 aromatic heterocycles. The number of para-hydroxylation sites is 1. The number of rotatable bonds is 7. The first-order valence-corrected chi connectivity index (χ1v) is 11.2. The molecule has 3 heterocycles. The summed E-state index contributed by atoms with van der Waals surface area (Å²) in [7, 11) is 0. The monoisotopic (exact) mass is 437 g/mol. The maximum absolute atomic E-state index is 12.6. The largest absolute Gasteiger partial charge is 0.357 e. The minimum Gasteiger partial charge on any atom is -0.357 e. The third-order valence-electron chi connectivity index (χ3n) is 5.84. The molecule has 0 bridgehead atoms. The van der Waals surface area contributed by atoms with E-state index in [0.717, 1.165) is 56.0 Å². The number of pyridine rings is 1. The Balaban J connectivity index is 1.20. The van der Waals surface area contributed by atoms with Crippen molar-refractivity contribution in [2.75, 3.05) is 24.5 Å². The molecule has 7 heteroatoms. The molecule has 3 aromatic rings. The van der Waals surface area contributed by atoms with E-state index in [0.29, 0.717) is 11.6 Å². The summed E-state index contributed by atoms with van der Waals surface area (Å²) >= 11 is 5.91. The van der Waals surface area contributed by atoms with Crippen LogP contribution >= 0.6 is 11.6 Å². The number of halogens is 1. The lowest BCUT2D eigenvalue weighted by Gasteiger charge is -2.32. The third-order valence-corrected chi connectivity index (χ3v) is 6.07. The quantitative estimate of drug-likeness (QED) is 0.563. The first kappa shape index (κ1) is 21.4. The number of aromatic nitrogens is 3. The number of carbonyl (C=O) groups is 1. The molecule has 1 fully saturated rings. The molecule has 4 rings (SSSR count). The Morgan fingerprint density at radius 2 is 1.94 bits per heavy atom. The van der Waals surface area contributed by atoms with Crippen LogP contribution in [0.1, 0.15) is 30.5 Å². The van der Waals surface area contributed by atoms with Gasteiger partial charge >= 0.3 is 0 Å². The highest BCUT2D eigenvalue weighted by molar-refractivity contribution is 6.30. The van der Waals surface area contributed by atoms with Gasteiger partial charge in [0.05, 0.1) is 16.4 Å². The van der Waals surface area contributed by atoms with Crippen molar-refractivity contribution < 1.29 is 4.79 Å². The number of carbonyl (C=O) groups excluding carboxylic acids is 1. The number of amides is 1. The van der Waals surface area contributed by atoms with Crippen LogP contribution in [0, 0.1) is 12.8 Å². The number of nitrogens with one attached hydrogen (secondary N) is 1. The number of anilines is 1. The van der Waals surface area contributed by atoms with E-state index in [1.54, 1.807) is 6.20 Å². The van der Waals surface area contributed by atoms with Crippen LogP contribution in [0.5, 0.6) is 0 Å². The molecule has 1 aliphatic heterocycles. The highest BCUT2D eigenvalue weighted by Crippen LogP contribution is 2.23. The van der Waals surface area contributed by atoms with E-state index >= 15 is 0 Å². The summed E-state index contributed by atoms with van der Waals surface area (Å²) in [6.07, 6.45) is 7.26. The highest BCUT2D eigenvalue weighted by Gasteiger charge is 2.25.